The molecule has 0 bridgehead atoms. The zero-order chi connectivity index (χ0) is 14.6. The number of nitrogens with one attached hydrogen (secondary N) is 2. The van der Waals surface area contributed by atoms with Crippen molar-refractivity contribution < 1.29 is 19.1 Å². The molecule has 1 rings (SSSR count). The van der Waals surface area contributed by atoms with E-state index in [4.69, 9.17) is 9.52 Å². The maximum Gasteiger partial charge on any atom is 0.371 e. The average Bonchev–Trinajstić information content (AvgIpc) is 2.84. The highest BCUT2D eigenvalue weighted by Crippen LogP contribution is 2.19. The van der Waals surface area contributed by atoms with Gasteiger partial charge in [-0.2, -0.15) is 0 Å². The molecule has 106 valence electrons. The summed E-state index contributed by atoms with van der Waals surface area (Å²) in [5, 5.41) is 14.5. The van der Waals surface area contributed by atoms with E-state index in [1.807, 2.05) is 20.8 Å². The molecule has 1 aromatic rings. The fourth-order valence-electron chi connectivity index (χ4n) is 1.63. The lowest BCUT2D eigenvalue weighted by molar-refractivity contribution is -0.128. The molecule has 6 nitrogen and oxygen atoms in total. The minimum Gasteiger partial charge on any atom is -0.475 e. The molecule has 1 heterocycles. The molecule has 0 aliphatic rings. The van der Waals surface area contributed by atoms with Gasteiger partial charge in [-0.15, -0.1) is 0 Å². The van der Waals surface area contributed by atoms with Crippen molar-refractivity contribution in [3.8, 4) is 0 Å². The van der Waals surface area contributed by atoms with E-state index in [0.717, 1.165) is 0 Å². The Bertz CT molecular complexity index is 465. The quantitative estimate of drug-likeness (QED) is 0.725. The van der Waals surface area contributed by atoms with Crippen LogP contribution < -0.4 is 10.6 Å². The molecule has 1 amide bonds. The monoisotopic (exact) mass is 268 g/mol. The van der Waals surface area contributed by atoms with Crippen LogP contribution in [0.15, 0.2) is 16.5 Å². The molecule has 0 spiro atoms. The number of carboxylic acid groups (broad SMARTS) is 1. The number of amides is 1. The van der Waals surface area contributed by atoms with E-state index < -0.39 is 11.4 Å². The third kappa shape index (κ3) is 3.82. The van der Waals surface area contributed by atoms with Crippen LogP contribution >= 0.6 is 0 Å². The number of hydrogen-bond acceptors (Lipinski definition) is 4. The van der Waals surface area contributed by atoms with Crippen molar-refractivity contribution in [2.24, 2.45) is 5.41 Å². The molecule has 19 heavy (non-hydrogen) atoms. The van der Waals surface area contributed by atoms with Gasteiger partial charge in [-0.05, 0) is 32.9 Å². The molecule has 1 atom stereocenters. The number of hydrogen-bond donors (Lipinski definition) is 3. The van der Waals surface area contributed by atoms with Crippen molar-refractivity contribution in [2.75, 3.05) is 13.6 Å². The smallest absolute Gasteiger partial charge is 0.371 e. The lowest BCUT2D eigenvalue weighted by Crippen LogP contribution is -2.42. The van der Waals surface area contributed by atoms with Crippen molar-refractivity contribution in [2.45, 2.75) is 26.8 Å². The van der Waals surface area contributed by atoms with Crippen LogP contribution in [0, 0.1) is 5.41 Å². The number of carbonyl (C=O) groups excluding carboxylic acids is 1. The van der Waals surface area contributed by atoms with Crippen molar-refractivity contribution in [1.82, 2.24) is 10.6 Å². The van der Waals surface area contributed by atoms with Crippen molar-refractivity contribution in [3.05, 3.63) is 23.7 Å². The number of carbonyl (C=O) groups is 2. The minimum atomic E-state index is -1.09. The van der Waals surface area contributed by atoms with Gasteiger partial charge in [0, 0.05) is 13.6 Å². The summed E-state index contributed by atoms with van der Waals surface area (Å²) in [5.41, 5.74) is -0.550. The fourth-order valence-corrected chi connectivity index (χ4v) is 1.63. The van der Waals surface area contributed by atoms with E-state index in [1.165, 1.54) is 6.07 Å². The predicted molar refractivity (Wildman–Crippen MR) is 69.9 cm³/mol. The Morgan fingerprint density at radius 2 is 2.05 bits per heavy atom. The van der Waals surface area contributed by atoms with Gasteiger partial charge >= 0.3 is 5.97 Å². The van der Waals surface area contributed by atoms with E-state index >= 15 is 0 Å². The summed E-state index contributed by atoms with van der Waals surface area (Å²) in [6.07, 6.45) is 0. The van der Waals surface area contributed by atoms with Crippen LogP contribution in [-0.4, -0.2) is 30.6 Å². The first-order valence-electron chi connectivity index (χ1n) is 6.06. The van der Waals surface area contributed by atoms with E-state index in [9.17, 15) is 9.59 Å². The van der Waals surface area contributed by atoms with Gasteiger partial charge < -0.3 is 20.2 Å². The zero-order valence-corrected chi connectivity index (χ0v) is 11.6. The van der Waals surface area contributed by atoms with Gasteiger partial charge in [0.2, 0.25) is 11.7 Å². The zero-order valence-electron chi connectivity index (χ0n) is 11.6. The van der Waals surface area contributed by atoms with Gasteiger partial charge in [-0.3, -0.25) is 4.79 Å². The molecular formula is C13H20N2O4. The van der Waals surface area contributed by atoms with E-state index in [0.29, 0.717) is 12.3 Å². The summed E-state index contributed by atoms with van der Waals surface area (Å²) in [7, 11) is 1.60. The Morgan fingerprint density at radius 1 is 1.42 bits per heavy atom. The molecule has 3 N–H and O–H groups in total. The number of furan rings is 1. The molecule has 0 radical (unpaired) electrons. The van der Waals surface area contributed by atoms with Gasteiger partial charge in [0.05, 0.1) is 11.5 Å². The molecule has 0 fully saturated rings. The van der Waals surface area contributed by atoms with Crippen LogP contribution in [0.1, 0.15) is 43.1 Å². The second-order valence-corrected chi connectivity index (χ2v) is 5.07. The molecule has 1 unspecified atom stereocenters. The number of rotatable bonds is 6. The van der Waals surface area contributed by atoms with Gasteiger partial charge in [0.1, 0.15) is 5.76 Å². The Hall–Kier alpha value is -1.82. The summed E-state index contributed by atoms with van der Waals surface area (Å²) in [5.74, 6) is -0.707. The SMILES string of the molecule is CNC(=O)C(C)(C)CNC(C)c1ccc(C(=O)O)o1. The second kappa shape index (κ2) is 5.88. The van der Waals surface area contributed by atoms with E-state index in [2.05, 4.69) is 10.6 Å². The summed E-state index contributed by atoms with van der Waals surface area (Å²) in [6, 6.07) is 2.87. The Morgan fingerprint density at radius 3 is 2.53 bits per heavy atom. The Balaban J connectivity index is 2.62. The number of carboxylic acids is 1. The van der Waals surface area contributed by atoms with Crippen LogP contribution in [0.25, 0.3) is 0 Å². The minimum absolute atomic E-state index is 0.0575. The van der Waals surface area contributed by atoms with E-state index in [1.54, 1.807) is 13.1 Å². The normalized spacial score (nSPS) is 13.1. The van der Waals surface area contributed by atoms with Crippen molar-refractivity contribution in [1.29, 1.82) is 0 Å². The van der Waals surface area contributed by atoms with Gasteiger partial charge in [-0.1, -0.05) is 0 Å². The van der Waals surface area contributed by atoms with Crippen LogP contribution in [0.2, 0.25) is 0 Å². The van der Waals surface area contributed by atoms with Crippen LogP contribution in [0.3, 0.4) is 0 Å². The topological polar surface area (TPSA) is 91.6 Å². The largest absolute Gasteiger partial charge is 0.475 e. The molecule has 6 heteroatoms. The maximum absolute atomic E-state index is 11.6. The third-order valence-electron chi connectivity index (χ3n) is 2.96. The van der Waals surface area contributed by atoms with Gasteiger partial charge in [0.25, 0.3) is 0 Å². The van der Waals surface area contributed by atoms with Gasteiger partial charge in [0.15, 0.2) is 0 Å². The summed E-state index contributed by atoms with van der Waals surface area (Å²) < 4.78 is 5.20. The summed E-state index contributed by atoms with van der Waals surface area (Å²) >= 11 is 0. The average molecular weight is 268 g/mol. The lowest BCUT2D eigenvalue weighted by atomic mass is 9.92. The first-order valence-corrected chi connectivity index (χ1v) is 6.06. The Labute approximate surface area is 112 Å². The molecular weight excluding hydrogens is 248 g/mol. The second-order valence-electron chi connectivity index (χ2n) is 5.07. The van der Waals surface area contributed by atoms with Crippen LogP contribution in [0.4, 0.5) is 0 Å². The standard InChI is InChI=1S/C13H20N2O4/c1-8(9-5-6-10(19-9)11(16)17)15-7-13(2,3)12(18)14-4/h5-6,8,15H,7H2,1-4H3,(H,14,18)(H,16,17). The third-order valence-corrected chi connectivity index (χ3v) is 2.96. The van der Waals surface area contributed by atoms with Crippen molar-refractivity contribution in [3.63, 3.8) is 0 Å². The lowest BCUT2D eigenvalue weighted by Gasteiger charge is -2.24. The first kappa shape index (κ1) is 15.2. The van der Waals surface area contributed by atoms with E-state index in [-0.39, 0.29) is 17.7 Å². The fraction of sp³-hybridized carbons (Fsp3) is 0.538. The molecule has 0 saturated heterocycles. The molecule has 0 saturated carbocycles. The summed E-state index contributed by atoms with van der Waals surface area (Å²) in [6.45, 7) is 5.97. The molecule has 0 aliphatic heterocycles. The highest BCUT2D eigenvalue weighted by atomic mass is 16.4. The van der Waals surface area contributed by atoms with Gasteiger partial charge in [-0.25, -0.2) is 4.79 Å². The highest BCUT2D eigenvalue weighted by molar-refractivity contribution is 5.84. The highest BCUT2D eigenvalue weighted by Gasteiger charge is 2.27. The van der Waals surface area contributed by atoms with Crippen LogP contribution in [-0.2, 0) is 4.79 Å². The molecule has 0 aromatic carbocycles. The maximum atomic E-state index is 11.6. The molecule has 1 aromatic heterocycles. The van der Waals surface area contributed by atoms with Crippen LogP contribution in [0.5, 0.6) is 0 Å². The number of aromatic carboxylic acids is 1. The van der Waals surface area contributed by atoms with Crippen molar-refractivity contribution >= 4 is 11.9 Å². The summed E-state index contributed by atoms with van der Waals surface area (Å²) in [4.78, 5) is 22.3. The predicted octanol–water partition coefficient (Wildman–Crippen LogP) is 1.40. The first-order chi connectivity index (χ1) is 8.77. The molecule has 0 aliphatic carbocycles. The Kier molecular flexibility index (Phi) is 4.72.